The summed E-state index contributed by atoms with van der Waals surface area (Å²) in [5, 5.41) is 1.19. The Balaban J connectivity index is 2.39. The fraction of sp³-hybridized carbons (Fsp3) is 1.00. The molecule has 1 aliphatic rings. The first-order valence-electron chi connectivity index (χ1n) is 5.47. The van der Waals surface area contributed by atoms with Crippen molar-refractivity contribution in [3.8, 4) is 0 Å². The Morgan fingerprint density at radius 3 is 2.31 bits per heavy atom. The van der Waals surface area contributed by atoms with Gasteiger partial charge in [-0.05, 0) is 38.1 Å². The molecule has 0 spiro atoms. The Labute approximate surface area is 91.0 Å². The number of hydrogen-bond acceptors (Lipinski definition) is 1. The van der Waals surface area contributed by atoms with Crippen LogP contribution in [0.2, 0.25) is 0 Å². The Hall–Kier alpha value is 0.440. The van der Waals surface area contributed by atoms with Gasteiger partial charge >= 0.3 is 0 Å². The van der Waals surface area contributed by atoms with Gasteiger partial charge in [0.2, 0.25) is 0 Å². The van der Waals surface area contributed by atoms with Crippen molar-refractivity contribution < 1.29 is 0 Å². The summed E-state index contributed by atoms with van der Waals surface area (Å²) in [6.45, 7) is 9.39. The third-order valence-electron chi connectivity index (χ3n) is 3.40. The predicted molar refractivity (Wildman–Crippen MR) is 62.5 cm³/mol. The molecule has 0 amide bonds. The van der Waals surface area contributed by atoms with E-state index in [1.807, 2.05) is 0 Å². The van der Waals surface area contributed by atoms with Crippen molar-refractivity contribution in [3.05, 3.63) is 0 Å². The van der Waals surface area contributed by atoms with Crippen molar-refractivity contribution in [2.24, 2.45) is 5.41 Å². The lowest BCUT2D eigenvalue weighted by molar-refractivity contribution is 0.181. The fourth-order valence-corrected chi connectivity index (χ4v) is 2.52. The van der Waals surface area contributed by atoms with Gasteiger partial charge in [0.25, 0.3) is 0 Å². The van der Waals surface area contributed by atoms with Gasteiger partial charge in [0, 0.05) is 17.9 Å². The van der Waals surface area contributed by atoms with E-state index in [9.17, 15) is 0 Å². The van der Waals surface area contributed by atoms with Crippen LogP contribution in [-0.2, 0) is 0 Å². The van der Waals surface area contributed by atoms with E-state index in [-0.39, 0.29) is 0 Å². The molecule has 0 aromatic rings. The first kappa shape index (κ1) is 11.5. The zero-order valence-corrected chi connectivity index (χ0v) is 10.7. The van der Waals surface area contributed by atoms with Crippen LogP contribution >= 0.6 is 15.9 Å². The number of halogens is 1. The average Bonchev–Trinajstić information content (AvgIpc) is 2.94. The molecule has 0 bridgehead atoms. The van der Waals surface area contributed by atoms with E-state index in [2.05, 4.69) is 41.6 Å². The molecule has 78 valence electrons. The van der Waals surface area contributed by atoms with Gasteiger partial charge in [-0.3, -0.25) is 0 Å². The van der Waals surface area contributed by atoms with E-state index < -0.39 is 0 Å². The van der Waals surface area contributed by atoms with E-state index in [0.717, 1.165) is 6.04 Å². The van der Waals surface area contributed by atoms with Crippen LogP contribution in [0.1, 0.15) is 40.0 Å². The van der Waals surface area contributed by atoms with Crippen molar-refractivity contribution >= 4 is 15.9 Å². The SMILES string of the molecule is CCC(C)N(CC)CC1(CBr)CC1. The van der Waals surface area contributed by atoms with Gasteiger partial charge in [0.05, 0.1) is 0 Å². The minimum absolute atomic E-state index is 0.638. The van der Waals surface area contributed by atoms with E-state index in [4.69, 9.17) is 0 Å². The molecule has 1 aliphatic carbocycles. The first-order valence-corrected chi connectivity index (χ1v) is 6.59. The highest BCUT2D eigenvalue weighted by Gasteiger charge is 2.42. The molecule has 1 unspecified atom stereocenters. The molecule has 1 saturated carbocycles. The van der Waals surface area contributed by atoms with Crippen LogP contribution in [-0.4, -0.2) is 29.4 Å². The molecule has 0 saturated heterocycles. The van der Waals surface area contributed by atoms with Crippen molar-refractivity contribution in [3.63, 3.8) is 0 Å². The van der Waals surface area contributed by atoms with Gasteiger partial charge in [-0.15, -0.1) is 0 Å². The summed E-state index contributed by atoms with van der Waals surface area (Å²) in [7, 11) is 0. The Bertz CT molecular complexity index is 154. The lowest BCUT2D eigenvalue weighted by atomic mass is 10.1. The summed E-state index contributed by atoms with van der Waals surface area (Å²) < 4.78 is 0. The monoisotopic (exact) mass is 247 g/mol. The number of rotatable bonds is 6. The minimum Gasteiger partial charge on any atom is -0.300 e. The second kappa shape index (κ2) is 4.79. The molecule has 0 N–H and O–H groups in total. The van der Waals surface area contributed by atoms with Crippen LogP contribution in [0.4, 0.5) is 0 Å². The van der Waals surface area contributed by atoms with Crippen LogP contribution in [0, 0.1) is 5.41 Å². The van der Waals surface area contributed by atoms with Crippen molar-refractivity contribution in [2.75, 3.05) is 18.4 Å². The molecule has 1 fully saturated rings. The maximum absolute atomic E-state index is 3.64. The Kier molecular flexibility index (Phi) is 4.24. The van der Waals surface area contributed by atoms with Crippen molar-refractivity contribution in [1.82, 2.24) is 4.90 Å². The van der Waals surface area contributed by atoms with Crippen LogP contribution in [0.3, 0.4) is 0 Å². The lowest BCUT2D eigenvalue weighted by Gasteiger charge is -2.30. The topological polar surface area (TPSA) is 3.24 Å². The highest BCUT2D eigenvalue weighted by atomic mass is 79.9. The molecule has 0 aromatic heterocycles. The summed E-state index contributed by atoms with van der Waals surface area (Å²) in [4.78, 5) is 2.62. The quantitative estimate of drug-likeness (QED) is 0.652. The second-order valence-electron chi connectivity index (χ2n) is 4.45. The Morgan fingerprint density at radius 2 is 2.00 bits per heavy atom. The Morgan fingerprint density at radius 1 is 1.38 bits per heavy atom. The largest absolute Gasteiger partial charge is 0.300 e. The zero-order chi connectivity index (χ0) is 9.90. The molecule has 0 radical (unpaired) electrons. The third-order valence-corrected chi connectivity index (χ3v) is 4.59. The molecule has 1 atom stereocenters. The van der Waals surface area contributed by atoms with E-state index in [1.54, 1.807) is 0 Å². The number of alkyl halides is 1. The van der Waals surface area contributed by atoms with E-state index >= 15 is 0 Å². The maximum Gasteiger partial charge on any atom is 0.0100 e. The molecule has 1 nitrogen and oxygen atoms in total. The third kappa shape index (κ3) is 2.95. The van der Waals surface area contributed by atoms with Gasteiger partial charge < -0.3 is 4.90 Å². The van der Waals surface area contributed by atoms with Crippen LogP contribution in [0.15, 0.2) is 0 Å². The maximum atomic E-state index is 3.64. The van der Waals surface area contributed by atoms with Crippen LogP contribution in [0.25, 0.3) is 0 Å². The molecular weight excluding hydrogens is 226 g/mol. The normalized spacial score (nSPS) is 21.9. The molecule has 2 heteroatoms. The second-order valence-corrected chi connectivity index (χ2v) is 5.01. The zero-order valence-electron chi connectivity index (χ0n) is 9.15. The highest BCUT2D eigenvalue weighted by molar-refractivity contribution is 9.09. The molecule has 0 aliphatic heterocycles. The molecule has 13 heavy (non-hydrogen) atoms. The summed E-state index contributed by atoms with van der Waals surface area (Å²) in [5.41, 5.74) is 0.638. The lowest BCUT2D eigenvalue weighted by Crippen LogP contribution is -2.37. The highest BCUT2D eigenvalue weighted by Crippen LogP contribution is 2.47. The van der Waals surface area contributed by atoms with E-state index in [0.29, 0.717) is 5.41 Å². The van der Waals surface area contributed by atoms with Crippen LogP contribution < -0.4 is 0 Å². The molecular formula is C11H22BrN. The van der Waals surface area contributed by atoms with E-state index in [1.165, 1.54) is 37.7 Å². The number of nitrogens with zero attached hydrogens (tertiary/aromatic N) is 1. The van der Waals surface area contributed by atoms with Gasteiger partial charge in [-0.1, -0.05) is 29.8 Å². The first-order chi connectivity index (χ1) is 6.17. The smallest absolute Gasteiger partial charge is 0.0100 e. The van der Waals surface area contributed by atoms with Crippen molar-refractivity contribution in [2.45, 2.75) is 46.1 Å². The fourth-order valence-electron chi connectivity index (χ4n) is 1.78. The van der Waals surface area contributed by atoms with Gasteiger partial charge in [-0.2, -0.15) is 0 Å². The standard InChI is InChI=1S/C11H22BrN/c1-4-10(3)13(5-2)9-11(8-12)6-7-11/h10H,4-9H2,1-3H3. The minimum atomic E-state index is 0.638. The molecule has 0 heterocycles. The van der Waals surface area contributed by atoms with Gasteiger partial charge in [-0.25, -0.2) is 0 Å². The predicted octanol–water partition coefficient (Wildman–Crippen LogP) is 3.28. The average molecular weight is 248 g/mol. The van der Waals surface area contributed by atoms with Gasteiger partial charge in [0.1, 0.15) is 0 Å². The summed E-state index contributed by atoms with van der Waals surface area (Å²) >= 11 is 3.64. The summed E-state index contributed by atoms with van der Waals surface area (Å²) in [6, 6.07) is 0.751. The number of hydrogen-bond donors (Lipinski definition) is 0. The molecule has 0 aromatic carbocycles. The summed E-state index contributed by atoms with van der Waals surface area (Å²) in [5.74, 6) is 0. The van der Waals surface area contributed by atoms with Gasteiger partial charge in [0.15, 0.2) is 0 Å². The van der Waals surface area contributed by atoms with Crippen molar-refractivity contribution in [1.29, 1.82) is 0 Å². The summed E-state index contributed by atoms with van der Waals surface area (Å²) in [6.07, 6.45) is 4.11. The van der Waals surface area contributed by atoms with Crippen LogP contribution in [0.5, 0.6) is 0 Å². The molecule has 1 rings (SSSR count).